The van der Waals surface area contributed by atoms with Gasteiger partial charge in [0.25, 0.3) is 0 Å². The fraction of sp³-hybridized carbons (Fsp3) is 0.846. The van der Waals surface area contributed by atoms with E-state index in [9.17, 15) is 0 Å². The number of hydrogen-bond donors (Lipinski definition) is 1. The van der Waals surface area contributed by atoms with Gasteiger partial charge in [-0.25, -0.2) is 0 Å². The lowest BCUT2D eigenvalue weighted by Crippen LogP contribution is -2.45. The molecule has 1 N–H and O–H groups in total. The number of nitrogens with one attached hydrogen (secondary N) is 1. The summed E-state index contributed by atoms with van der Waals surface area (Å²) in [6, 6.07) is 0. The first-order chi connectivity index (χ1) is 8.77. The topological polar surface area (TPSA) is 46.0 Å². The van der Waals surface area contributed by atoms with Gasteiger partial charge in [0.15, 0.2) is 0 Å². The number of nitrogens with zero attached hydrogens (tertiary/aromatic N) is 4. The largest absolute Gasteiger partial charge is 0.317 e. The summed E-state index contributed by atoms with van der Waals surface area (Å²) in [6.07, 6.45) is 5.95. The molecule has 3 rings (SSSR count). The molecule has 2 saturated heterocycles. The van der Waals surface area contributed by atoms with Crippen molar-refractivity contribution in [1.29, 1.82) is 0 Å². The van der Waals surface area contributed by atoms with Gasteiger partial charge in [-0.05, 0) is 44.7 Å². The highest BCUT2D eigenvalue weighted by atomic mass is 35.5. The van der Waals surface area contributed by atoms with Crippen LogP contribution < -0.4 is 5.32 Å². The third kappa shape index (κ3) is 3.85. The Morgan fingerprint density at radius 1 is 1.30 bits per heavy atom. The molecule has 1 aromatic heterocycles. The van der Waals surface area contributed by atoms with Crippen molar-refractivity contribution in [2.75, 3.05) is 32.7 Å². The maximum Gasteiger partial charge on any atom is 0.129 e. The van der Waals surface area contributed by atoms with Gasteiger partial charge < -0.3 is 14.8 Å². The Labute approximate surface area is 133 Å². The molecular formula is C13H25Cl2N5. The standard InChI is InChI=1S/C13H23N5.2ClH/c1-12-16-15-11-18(12)8-7-17-6-2-3-13(10-17)4-5-14-9-13;;/h11,14H,2-10H2,1H3;2*1H. The highest BCUT2D eigenvalue weighted by molar-refractivity contribution is 5.85. The van der Waals surface area contributed by atoms with Gasteiger partial charge in [-0.3, -0.25) is 0 Å². The van der Waals surface area contributed by atoms with Crippen molar-refractivity contribution >= 4 is 24.8 Å². The molecule has 7 heteroatoms. The molecule has 2 aliphatic heterocycles. The van der Waals surface area contributed by atoms with Gasteiger partial charge in [-0.2, -0.15) is 0 Å². The number of likely N-dealkylation sites (tertiary alicyclic amines) is 1. The summed E-state index contributed by atoms with van der Waals surface area (Å²) in [6.45, 7) is 9.10. The molecule has 0 saturated carbocycles. The molecule has 0 amide bonds. The molecule has 116 valence electrons. The predicted molar refractivity (Wildman–Crippen MR) is 84.8 cm³/mol. The van der Waals surface area contributed by atoms with Gasteiger partial charge in [-0.1, -0.05) is 0 Å². The van der Waals surface area contributed by atoms with Crippen molar-refractivity contribution in [2.45, 2.75) is 32.7 Å². The Hall–Kier alpha value is -0.360. The number of hydrogen-bond acceptors (Lipinski definition) is 4. The first-order valence-corrected chi connectivity index (χ1v) is 7.05. The third-order valence-corrected chi connectivity index (χ3v) is 4.54. The van der Waals surface area contributed by atoms with Gasteiger partial charge in [-0.15, -0.1) is 35.0 Å². The summed E-state index contributed by atoms with van der Waals surface area (Å²) in [5.41, 5.74) is 0.570. The lowest BCUT2D eigenvalue weighted by molar-refractivity contribution is 0.100. The zero-order valence-corrected chi connectivity index (χ0v) is 13.7. The Bertz CT molecular complexity index is 403. The molecule has 0 bridgehead atoms. The SMILES string of the molecule is Cc1nncn1CCN1CCCC2(CCNC2)C1.Cl.Cl. The summed E-state index contributed by atoms with van der Waals surface area (Å²) in [7, 11) is 0. The van der Waals surface area contributed by atoms with E-state index in [1.807, 2.05) is 13.3 Å². The van der Waals surface area contributed by atoms with E-state index in [-0.39, 0.29) is 24.8 Å². The Balaban J connectivity index is 0.000001000. The van der Waals surface area contributed by atoms with E-state index in [0.717, 1.165) is 18.9 Å². The minimum absolute atomic E-state index is 0. The van der Waals surface area contributed by atoms with Crippen molar-refractivity contribution in [3.63, 3.8) is 0 Å². The number of piperidine rings is 1. The zero-order valence-electron chi connectivity index (χ0n) is 12.0. The highest BCUT2D eigenvalue weighted by Gasteiger charge is 2.37. The molecule has 2 aliphatic rings. The molecule has 0 radical (unpaired) electrons. The summed E-state index contributed by atoms with van der Waals surface area (Å²) >= 11 is 0. The zero-order chi connectivity index (χ0) is 12.4. The van der Waals surface area contributed by atoms with Crippen molar-refractivity contribution in [2.24, 2.45) is 5.41 Å². The normalized spacial score (nSPS) is 26.2. The Morgan fingerprint density at radius 3 is 2.80 bits per heavy atom. The molecule has 5 nitrogen and oxygen atoms in total. The van der Waals surface area contributed by atoms with E-state index in [1.165, 1.54) is 45.4 Å². The van der Waals surface area contributed by atoms with Crippen LogP contribution in [0.5, 0.6) is 0 Å². The Morgan fingerprint density at radius 2 is 2.15 bits per heavy atom. The van der Waals surface area contributed by atoms with Gasteiger partial charge >= 0.3 is 0 Å². The van der Waals surface area contributed by atoms with Crippen molar-refractivity contribution < 1.29 is 0 Å². The molecule has 2 fully saturated rings. The van der Waals surface area contributed by atoms with Crippen LogP contribution in [-0.4, -0.2) is 52.4 Å². The van der Waals surface area contributed by atoms with E-state index in [2.05, 4.69) is 25.0 Å². The quantitative estimate of drug-likeness (QED) is 0.916. The van der Waals surface area contributed by atoms with Crippen molar-refractivity contribution in [3.05, 3.63) is 12.2 Å². The second-order valence-corrected chi connectivity index (χ2v) is 5.88. The summed E-state index contributed by atoms with van der Waals surface area (Å²) in [4.78, 5) is 2.62. The average Bonchev–Trinajstić information content (AvgIpc) is 2.97. The maximum atomic E-state index is 4.04. The number of aromatic nitrogens is 3. The fourth-order valence-electron chi connectivity index (χ4n) is 3.43. The van der Waals surface area contributed by atoms with Crippen LogP contribution in [0.25, 0.3) is 0 Å². The third-order valence-electron chi connectivity index (χ3n) is 4.54. The van der Waals surface area contributed by atoms with Crippen LogP contribution in [0.4, 0.5) is 0 Å². The Kier molecular flexibility index (Phi) is 6.72. The lowest BCUT2D eigenvalue weighted by atomic mass is 9.79. The van der Waals surface area contributed by atoms with E-state index < -0.39 is 0 Å². The minimum atomic E-state index is 0. The van der Waals surface area contributed by atoms with E-state index >= 15 is 0 Å². The van der Waals surface area contributed by atoms with Crippen molar-refractivity contribution in [3.8, 4) is 0 Å². The van der Waals surface area contributed by atoms with Crippen molar-refractivity contribution in [1.82, 2.24) is 25.0 Å². The van der Waals surface area contributed by atoms with E-state index in [0.29, 0.717) is 5.41 Å². The van der Waals surface area contributed by atoms with Gasteiger partial charge in [0.2, 0.25) is 0 Å². The average molecular weight is 322 g/mol. The van der Waals surface area contributed by atoms with Crippen LogP contribution in [0, 0.1) is 12.3 Å². The van der Waals surface area contributed by atoms with Crippen LogP contribution in [0.3, 0.4) is 0 Å². The highest BCUT2D eigenvalue weighted by Crippen LogP contribution is 2.35. The van der Waals surface area contributed by atoms with Crippen LogP contribution in [0.2, 0.25) is 0 Å². The minimum Gasteiger partial charge on any atom is -0.317 e. The number of aryl methyl sites for hydroxylation is 1. The molecule has 1 spiro atoms. The number of halogens is 2. The molecule has 20 heavy (non-hydrogen) atoms. The summed E-state index contributed by atoms with van der Waals surface area (Å²) in [5.74, 6) is 1.02. The van der Waals surface area contributed by atoms with Gasteiger partial charge in [0, 0.05) is 26.2 Å². The van der Waals surface area contributed by atoms with E-state index in [1.54, 1.807) is 0 Å². The van der Waals surface area contributed by atoms with Crippen LogP contribution in [0.15, 0.2) is 6.33 Å². The number of rotatable bonds is 3. The molecule has 1 atom stereocenters. The van der Waals surface area contributed by atoms with Crippen LogP contribution in [0.1, 0.15) is 25.1 Å². The maximum absolute atomic E-state index is 4.04. The summed E-state index contributed by atoms with van der Waals surface area (Å²) < 4.78 is 2.15. The molecular weight excluding hydrogens is 297 g/mol. The molecule has 0 aromatic carbocycles. The molecule has 1 unspecified atom stereocenters. The lowest BCUT2D eigenvalue weighted by Gasteiger charge is -2.40. The molecule has 0 aliphatic carbocycles. The monoisotopic (exact) mass is 321 g/mol. The van der Waals surface area contributed by atoms with Gasteiger partial charge in [0.05, 0.1) is 0 Å². The fourth-order valence-corrected chi connectivity index (χ4v) is 3.43. The second kappa shape index (κ2) is 7.59. The van der Waals surface area contributed by atoms with E-state index in [4.69, 9.17) is 0 Å². The second-order valence-electron chi connectivity index (χ2n) is 5.88. The van der Waals surface area contributed by atoms with Gasteiger partial charge in [0.1, 0.15) is 12.2 Å². The van der Waals surface area contributed by atoms with Crippen LogP contribution in [-0.2, 0) is 6.54 Å². The predicted octanol–water partition coefficient (Wildman–Crippen LogP) is 1.51. The first kappa shape index (κ1) is 17.7. The summed E-state index contributed by atoms with van der Waals surface area (Å²) in [5, 5.41) is 11.5. The smallest absolute Gasteiger partial charge is 0.129 e. The first-order valence-electron chi connectivity index (χ1n) is 7.05. The van der Waals surface area contributed by atoms with Crippen LogP contribution >= 0.6 is 24.8 Å². The molecule has 3 heterocycles. The molecule has 1 aromatic rings.